The van der Waals surface area contributed by atoms with Gasteiger partial charge in [-0.2, -0.15) is 9.71 Å². The van der Waals surface area contributed by atoms with Gasteiger partial charge in [0, 0.05) is 11.6 Å². The summed E-state index contributed by atoms with van der Waals surface area (Å²) < 4.78 is 22.9. The molecule has 3 aromatic rings. The molecule has 1 fully saturated rings. The molecule has 5 rings (SSSR count). The van der Waals surface area contributed by atoms with Crippen molar-refractivity contribution < 1.29 is 9.29 Å². The number of nitrogens with zero attached hydrogens (tertiary/aromatic N) is 2. The van der Waals surface area contributed by atoms with Crippen LogP contribution in [0.2, 0.25) is 0 Å². The lowest BCUT2D eigenvalue weighted by molar-refractivity contribution is 0.180. The minimum Gasteiger partial charge on any atom is -0.588 e. The van der Waals surface area contributed by atoms with Gasteiger partial charge in [0.15, 0.2) is 4.90 Å². The summed E-state index contributed by atoms with van der Waals surface area (Å²) in [7, 11) is 0. The van der Waals surface area contributed by atoms with Crippen LogP contribution in [0.3, 0.4) is 0 Å². The van der Waals surface area contributed by atoms with Crippen molar-refractivity contribution in [1.82, 2.24) is 9.97 Å². The third-order valence-electron chi connectivity index (χ3n) is 8.29. The Kier molecular flexibility index (Phi) is 9.37. The van der Waals surface area contributed by atoms with E-state index in [1.54, 1.807) is 0 Å². The summed E-state index contributed by atoms with van der Waals surface area (Å²) in [5.74, 6) is 2.02. The van der Waals surface area contributed by atoms with Gasteiger partial charge in [0.25, 0.3) is 5.95 Å². The molecule has 1 N–H and O–H groups in total. The zero-order valence-corrected chi connectivity index (χ0v) is 25.5. The Hall–Kier alpha value is -2.57. The largest absolute Gasteiger partial charge is 0.588 e. The lowest BCUT2D eigenvalue weighted by atomic mass is 9.82. The summed E-state index contributed by atoms with van der Waals surface area (Å²) in [5.41, 5.74) is 5.94. The van der Waals surface area contributed by atoms with Crippen LogP contribution in [-0.2, 0) is 24.2 Å². The second-order valence-corrected chi connectivity index (χ2v) is 14.3. The summed E-state index contributed by atoms with van der Waals surface area (Å²) in [6.45, 7) is 9.67. The van der Waals surface area contributed by atoms with Gasteiger partial charge in [0.2, 0.25) is 5.88 Å². The van der Waals surface area contributed by atoms with Gasteiger partial charge in [0.05, 0.1) is 12.3 Å². The lowest BCUT2D eigenvalue weighted by Crippen LogP contribution is -2.21. The van der Waals surface area contributed by atoms with Crippen LogP contribution in [0, 0.1) is 24.2 Å². The summed E-state index contributed by atoms with van der Waals surface area (Å²) in [6, 6.07) is 16.6. The van der Waals surface area contributed by atoms with E-state index >= 15 is 0 Å². The zero-order valence-electron chi connectivity index (χ0n) is 24.7. The molecule has 2 aromatic carbocycles. The third kappa shape index (κ3) is 7.79. The maximum absolute atomic E-state index is 13.4. The van der Waals surface area contributed by atoms with E-state index in [1.807, 2.05) is 18.2 Å². The van der Waals surface area contributed by atoms with E-state index in [-0.39, 0.29) is 5.41 Å². The van der Waals surface area contributed by atoms with E-state index in [0.29, 0.717) is 30.3 Å². The van der Waals surface area contributed by atoms with E-state index in [9.17, 15) is 4.55 Å². The molecule has 1 saturated carbocycles. The lowest BCUT2D eigenvalue weighted by Gasteiger charge is -2.26. The highest BCUT2D eigenvalue weighted by atomic mass is 32.2. The van der Waals surface area contributed by atoms with Crippen molar-refractivity contribution in [1.29, 1.82) is 0 Å². The van der Waals surface area contributed by atoms with Crippen molar-refractivity contribution in [2.24, 2.45) is 17.3 Å². The van der Waals surface area contributed by atoms with Gasteiger partial charge in [-0.3, -0.25) is 0 Å². The summed E-state index contributed by atoms with van der Waals surface area (Å²) in [4.78, 5) is 10.4. The molecule has 1 unspecified atom stereocenters. The molecular weight excluding hydrogens is 514 g/mol. The van der Waals surface area contributed by atoms with Gasteiger partial charge in [-0.05, 0) is 85.1 Å². The summed E-state index contributed by atoms with van der Waals surface area (Å²) in [5, 5.41) is 0. The predicted molar refractivity (Wildman–Crippen MR) is 165 cm³/mol. The van der Waals surface area contributed by atoms with Crippen LogP contribution in [0.1, 0.15) is 88.8 Å². The Morgan fingerprint density at radius 2 is 1.73 bits per heavy atom. The maximum Gasteiger partial charge on any atom is 0.269 e. The van der Waals surface area contributed by atoms with Gasteiger partial charge in [-0.1, -0.05) is 83.2 Å². The van der Waals surface area contributed by atoms with Crippen molar-refractivity contribution >= 4 is 17.3 Å². The van der Waals surface area contributed by atoms with Crippen LogP contribution >= 0.6 is 0 Å². The van der Waals surface area contributed by atoms with Crippen LogP contribution in [0.15, 0.2) is 53.4 Å². The highest BCUT2D eigenvalue weighted by molar-refractivity contribution is 7.92. The Labute approximate surface area is 243 Å². The van der Waals surface area contributed by atoms with E-state index in [0.717, 1.165) is 48.3 Å². The molecule has 2 atom stereocenters. The Balaban J connectivity index is 1.52. The molecule has 0 amide bonds. The molecule has 4 bridgehead atoms. The molecule has 1 aliphatic carbocycles. The van der Waals surface area contributed by atoms with Gasteiger partial charge in [-0.15, -0.1) is 0 Å². The Bertz CT molecular complexity index is 1280. The monoisotopic (exact) mass is 559 g/mol. The topological polar surface area (TPSA) is 70.1 Å². The SMILES string of the molecule is Cc1cccc(CC2CCCCC2)c1-c1cc2nc(n1)N[S+]([O-])c1cccc(c1)CCC[C@H](CC(C)(C)C)CO2. The highest BCUT2D eigenvalue weighted by Gasteiger charge is 2.23. The Morgan fingerprint density at radius 3 is 2.52 bits per heavy atom. The molecule has 214 valence electrons. The summed E-state index contributed by atoms with van der Waals surface area (Å²) in [6.07, 6.45) is 11.9. The standard InChI is InChI=1S/C34H45N3O2S/c1-24-11-8-17-28(19-25-12-6-5-7-13-25)32(24)30-21-31-36-33(35-30)37-40(38)29-18-10-15-26(20-29)14-9-16-27(23-39-31)22-34(2,3)4/h8,10-11,15,17-18,20-21,25,27H,5-7,9,12-14,16,19,22-23H2,1-4H3,(H,35,36,37)/t27-,40?/m1/s1. The van der Waals surface area contributed by atoms with Crippen LogP contribution in [0.4, 0.5) is 5.95 Å². The first-order chi connectivity index (χ1) is 19.2. The van der Waals surface area contributed by atoms with Crippen molar-refractivity contribution in [2.75, 3.05) is 11.3 Å². The van der Waals surface area contributed by atoms with E-state index in [4.69, 9.17) is 14.7 Å². The fourth-order valence-corrected chi connectivity index (χ4v) is 7.34. The summed E-state index contributed by atoms with van der Waals surface area (Å²) >= 11 is -1.47. The first kappa shape index (κ1) is 28.9. The maximum atomic E-state index is 13.4. The van der Waals surface area contributed by atoms with Crippen LogP contribution in [-0.4, -0.2) is 21.1 Å². The Morgan fingerprint density at radius 1 is 0.950 bits per heavy atom. The van der Waals surface area contributed by atoms with Gasteiger partial charge >= 0.3 is 0 Å². The van der Waals surface area contributed by atoms with Gasteiger partial charge < -0.3 is 9.29 Å². The highest BCUT2D eigenvalue weighted by Crippen LogP contribution is 2.35. The second kappa shape index (κ2) is 12.9. The first-order valence-corrected chi connectivity index (χ1v) is 16.3. The number of benzene rings is 2. The molecule has 1 aliphatic heterocycles. The van der Waals surface area contributed by atoms with Crippen LogP contribution in [0.5, 0.6) is 5.88 Å². The van der Waals surface area contributed by atoms with Crippen molar-refractivity contribution in [3.05, 3.63) is 65.2 Å². The third-order valence-corrected chi connectivity index (χ3v) is 9.34. The van der Waals surface area contributed by atoms with E-state index < -0.39 is 11.4 Å². The molecule has 0 radical (unpaired) electrons. The number of rotatable bonds is 4. The van der Waals surface area contributed by atoms with Crippen LogP contribution in [0.25, 0.3) is 11.3 Å². The van der Waals surface area contributed by atoms with Crippen molar-refractivity contribution in [3.63, 3.8) is 0 Å². The van der Waals surface area contributed by atoms with E-state index in [1.165, 1.54) is 48.8 Å². The molecule has 6 heteroatoms. The molecule has 1 aromatic heterocycles. The fourth-order valence-electron chi connectivity index (χ4n) is 6.51. The van der Waals surface area contributed by atoms with Gasteiger partial charge in [-0.25, -0.2) is 4.98 Å². The number of hydrogen-bond acceptors (Lipinski definition) is 5. The number of ether oxygens (including phenoxy) is 1. The average molecular weight is 560 g/mol. The number of aromatic nitrogens is 2. The van der Waals surface area contributed by atoms with Gasteiger partial charge in [0.1, 0.15) is 11.4 Å². The molecule has 0 saturated heterocycles. The second-order valence-electron chi connectivity index (χ2n) is 13.1. The molecule has 0 spiro atoms. The average Bonchev–Trinajstić information content (AvgIpc) is 2.91. The molecule has 40 heavy (non-hydrogen) atoms. The minimum absolute atomic E-state index is 0.217. The number of aryl methyl sites for hydroxylation is 2. The zero-order chi connectivity index (χ0) is 28.1. The number of anilines is 1. The normalized spacial score (nSPS) is 20.7. The quantitative estimate of drug-likeness (QED) is 0.325. The minimum atomic E-state index is -1.47. The number of nitrogens with one attached hydrogen (secondary N) is 1. The number of hydrogen-bond donors (Lipinski definition) is 1. The van der Waals surface area contributed by atoms with Crippen LogP contribution < -0.4 is 9.46 Å². The predicted octanol–water partition coefficient (Wildman–Crippen LogP) is 8.48. The molecular formula is C34H45N3O2S. The smallest absolute Gasteiger partial charge is 0.269 e. The molecule has 2 heterocycles. The van der Waals surface area contributed by atoms with Crippen molar-refractivity contribution in [2.45, 2.75) is 96.8 Å². The molecule has 5 nitrogen and oxygen atoms in total. The van der Waals surface area contributed by atoms with Crippen molar-refractivity contribution in [3.8, 4) is 17.1 Å². The number of fused-ring (bicyclic) bond motifs is 4. The van der Waals surface area contributed by atoms with E-state index in [2.05, 4.69) is 62.7 Å². The fraction of sp³-hybridized carbons (Fsp3) is 0.529. The first-order valence-electron chi connectivity index (χ1n) is 15.1. The molecule has 2 aliphatic rings.